The fourth-order valence-electron chi connectivity index (χ4n) is 8.03. The summed E-state index contributed by atoms with van der Waals surface area (Å²) in [5.74, 6) is -3.70. The van der Waals surface area contributed by atoms with Gasteiger partial charge in [-0.15, -0.1) is 0 Å². The number of ether oxygens (including phenoxy) is 5. The van der Waals surface area contributed by atoms with Crippen LogP contribution in [0.3, 0.4) is 0 Å². The van der Waals surface area contributed by atoms with Gasteiger partial charge in [0, 0.05) is 71.1 Å². The van der Waals surface area contributed by atoms with E-state index < -0.39 is 66.1 Å². The first kappa shape index (κ1) is 55.6. The molecule has 2 bridgehead atoms. The van der Waals surface area contributed by atoms with Crippen LogP contribution >= 0.6 is 0 Å². The van der Waals surface area contributed by atoms with E-state index in [1.807, 2.05) is 39.5 Å². The Hall–Kier alpha value is -4.97. The second kappa shape index (κ2) is 25.6. The molecule has 1 aromatic carbocycles. The first-order chi connectivity index (χ1) is 32.0. The third-order valence-corrected chi connectivity index (χ3v) is 11.8. The van der Waals surface area contributed by atoms with Crippen LogP contribution in [0.5, 0.6) is 5.75 Å². The number of hydrogen-bond donors (Lipinski definition) is 8. The molecule has 8 N–H and O–H groups in total. The van der Waals surface area contributed by atoms with Crippen molar-refractivity contribution >= 4 is 41.5 Å². The summed E-state index contributed by atoms with van der Waals surface area (Å²) in [6.45, 7) is 12.8. The molecule has 22 nitrogen and oxygen atoms in total. The fourth-order valence-corrected chi connectivity index (χ4v) is 8.03. The second-order valence-corrected chi connectivity index (χ2v) is 19.0. The molecule has 0 spiro atoms. The number of rotatable bonds is 26. The maximum Gasteiger partial charge on any atom is 0.335 e. The number of amides is 5. The average Bonchev–Trinajstić information content (AvgIpc) is 3.88. The van der Waals surface area contributed by atoms with Crippen LogP contribution in [0.25, 0.3) is 0 Å². The van der Waals surface area contributed by atoms with E-state index >= 15 is 0 Å². The number of fused-ring (bicyclic) bond motifs is 2. The minimum Gasteiger partial charge on any atom is -0.479 e. The topological polar surface area (TPSA) is 301 Å². The monoisotopic (exact) mass is 965 g/mol. The van der Waals surface area contributed by atoms with E-state index in [1.165, 1.54) is 25.1 Å². The summed E-state index contributed by atoms with van der Waals surface area (Å²) in [5, 5.41) is 51.2. The highest BCUT2D eigenvalue weighted by molar-refractivity contribution is 5.88. The number of benzene rings is 1. The van der Waals surface area contributed by atoms with Crippen molar-refractivity contribution in [3.8, 4) is 5.75 Å². The van der Waals surface area contributed by atoms with E-state index in [-0.39, 0.29) is 112 Å². The Morgan fingerprint density at radius 1 is 0.824 bits per heavy atom. The highest BCUT2D eigenvalue weighted by Gasteiger charge is 2.49. The molecule has 3 aliphatic rings. The predicted molar refractivity (Wildman–Crippen MR) is 241 cm³/mol. The minimum absolute atomic E-state index is 0.00161. The van der Waals surface area contributed by atoms with E-state index in [1.54, 1.807) is 11.9 Å². The molecular weight excluding hydrogens is 893 g/mol. The lowest BCUT2D eigenvalue weighted by molar-refractivity contribution is -0.271. The van der Waals surface area contributed by atoms with Crippen molar-refractivity contribution < 1.29 is 77.7 Å². The van der Waals surface area contributed by atoms with Gasteiger partial charge in [0.15, 0.2) is 6.10 Å². The van der Waals surface area contributed by atoms with Gasteiger partial charge in [0.05, 0.1) is 36.3 Å². The van der Waals surface area contributed by atoms with Gasteiger partial charge in [0.25, 0.3) is 0 Å². The number of piperazine rings is 1. The Balaban J connectivity index is 1.26. The molecule has 3 fully saturated rings. The Morgan fingerprint density at radius 3 is 2.10 bits per heavy atom. The number of carbonyl (C=O) groups is 7. The zero-order valence-electron chi connectivity index (χ0n) is 40.2. The van der Waals surface area contributed by atoms with Crippen molar-refractivity contribution in [1.29, 1.82) is 0 Å². The third kappa shape index (κ3) is 17.2. The van der Waals surface area contributed by atoms with Crippen LogP contribution in [-0.4, -0.2) is 178 Å². The van der Waals surface area contributed by atoms with Crippen LogP contribution in [-0.2, 0) is 65.7 Å². The summed E-state index contributed by atoms with van der Waals surface area (Å²) < 4.78 is 27.9. The number of carboxylic acid groups (broad SMARTS) is 1. The number of nitrogens with zero attached hydrogens (tertiary/aromatic N) is 2. The zero-order valence-corrected chi connectivity index (χ0v) is 40.2. The Bertz CT molecular complexity index is 1910. The maximum atomic E-state index is 13.4. The van der Waals surface area contributed by atoms with Crippen molar-refractivity contribution in [3.63, 3.8) is 0 Å². The molecule has 3 aliphatic heterocycles. The standard InChI is InChI=1S/C46H72N6O16/c1-27(53)64-26-28-11-12-33(67-44-40(60)38(58)39(59)41(68-44)43(62)63)29(21-28)23-49-34(54)14-18-48-42(61)32(50-35(55)13-17-47-7)9-8-10-36(56)51-24-31-22-30(51)25-52(31)37(57)15-19-66-46(5,6)16-20-65-45(2,3)4/h11-12,21,30-32,38-41,44,47,58-60H,8-10,13-20,22-26H2,1-7H3,(H,48,61)(H,49,54)(H,50,55)(H,62,63)/t30-,31-,32-,38-,39-,40+,41-,44+/m0/s1. The van der Waals surface area contributed by atoms with Crippen LogP contribution in [0.2, 0.25) is 0 Å². The number of aliphatic hydroxyl groups is 3. The molecule has 382 valence electrons. The smallest absolute Gasteiger partial charge is 0.335 e. The molecule has 3 heterocycles. The number of aliphatic hydroxyl groups excluding tert-OH is 3. The van der Waals surface area contributed by atoms with E-state index in [2.05, 4.69) is 21.3 Å². The van der Waals surface area contributed by atoms with Gasteiger partial charge in [-0.05, 0) is 85.0 Å². The molecule has 0 aromatic heterocycles. The summed E-state index contributed by atoms with van der Waals surface area (Å²) in [6, 6.07) is 3.27. The molecule has 22 heteroatoms. The predicted octanol–water partition coefficient (Wildman–Crippen LogP) is -0.390. The summed E-state index contributed by atoms with van der Waals surface area (Å²) in [6.07, 6.45) is -7.28. The summed E-state index contributed by atoms with van der Waals surface area (Å²) in [7, 11) is 1.69. The van der Waals surface area contributed by atoms with Gasteiger partial charge in [-0.1, -0.05) is 6.07 Å². The Kier molecular flexibility index (Phi) is 20.9. The normalized spacial score (nSPS) is 22.9. The molecule has 1 aromatic rings. The molecule has 3 saturated heterocycles. The van der Waals surface area contributed by atoms with Gasteiger partial charge in [0.2, 0.25) is 35.8 Å². The number of esters is 1. The first-order valence-electron chi connectivity index (χ1n) is 23.2. The van der Waals surface area contributed by atoms with E-state index in [4.69, 9.17) is 23.7 Å². The van der Waals surface area contributed by atoms with Gasteiger partial charge in [-0.3, -0.25) is 28.8 Å². The minimum atomic E-state index is -1.94. The molecule has 5 amide bonds. The van der Waals surface area contributed by atoms with Crippen molar-refractivity contribution in [1.82, 2.24) is 31.1 Å². The molecule has 0 saturated carbocycles. The van der Waals surface area contributed by atoms with Crippen LogP contribution < -0.4 is 26.0 Å². The van der Waals surface area contributed by atoms with Crippen LogP contribution in [0.1, 0.15) is 104 Å². The van der Waals surface area contributed by atoms with Crippen molar-refractivity contribution in [2.75, 3.05) is 46.4 Å². The van der Waals surface area contributed by atoms with Crippen LogP contribution in [0.4, 0.5) is 0 Å². The van der Waals surface area contributed by atoms with Crippen molar-refractivity contribution in [3.05, 3.63) is 29.3 Å². The van der Waals surface area contributed by atoms with Crippen LogP contribution in [0.15, 0.2) is 18.2 Å². The molecule has 0 aliphatic carbocycles. The number of nitrogens with one attached hydrogen (secondary N) is 4. The summed E-state index contributed by atoms with van der Waals surface area (Å²) >= 11 is 0. The number of carboxylic acids is 1. The Morgan fingerprint density at radius 2 is 1.49 bits per heavy atom. The quantitative estimate of drug-likeness (QED) is 0.0549. The third-order valence-electron chi connectivity index (χ3n) is 11.8. The van der Waals surface area contributed by atoms with Crippen molar-refractivity contribution in [2.24, 2.45) is 0 Å². The lowest BCUT2D eigenvalue weighted by atomic mass is 9.99. The van der Waals surface area contributed by atoms with Gasteiger partial charge in [-0.2, -0.15) is 0 Å². The first-order valence-corrected chi connectivity index (χ1v) is 23.2. The van der Waals surface area contributed by atoms with E-state index in [0.717, 1.165) is 0 Å². The van der Waals surface area contributed by atoms with Gasteiger partial charge in [0.1, 0.15) is 36.7 Å². The number of hydrogen-bond acceptors (Lipinski definition) is 16. The number of aliphatic carboxylic acids is 1. The second-order valence-electron chi connectivity index (χ2n) is 19.0. The van der Waals surface area contributed by atoms with Gasteiger partial charge in [-0.25, -0.2) is 4.79 Å². The number of likely N-dealkylation sites (tertiary alicyclic amines) is 2. The molecule has 8 atom stereocenters. The van der Waals surface area contributed by atoms with E-state index in [9.17, 15) is 54.0 Å². The van der Waals surface area contributed by atoms with Crippen molar-refractivity contribution in [2.45, 2.75) is 166 Å². The summed E-state index contributed by atoms with van der Waals surface area (Å²) in [5.41, 5.74) is 0.0748. The molecular formula is C46H72N6O16. The largest absolute Gasteiger partial charge is 0.479 e. The lowest BCUT2D eigenvalue weighted by Crippen LogP contribution is -2.61. The van der Waals surface area contributed by atoms with Crippen LogP contribution in [0, 0.1) is 0 Å². The molecule has 0 unspecified atom stereocenters. The van der Waals surface area contributed by atoms with Gasteiger partial charge < -0.3 is 75.2 Å². The summed E-state index contributed by atoms with van der Waals surface area (Å²) in [4.78, 5) is 92.4. The van der Waals surface area contributed by atoms with E-state index in [0.29, 0.717) is 44.6 Å². The highest BCUT2D eigenvalue weighted by Crippen LogP contribution is 2.32. The molecule has 4 rings (SSSR count). The highest BCUT2D eigenvalue weighted by atomic mass is 16.7. The lowest BCUT2D eigenvalue weighted by Gasteiger charge is -2.38. The average molecular weight is 965 g/mol. The SMILES string of the molecule is CNCCC(=O)N[C@@H](CCCC(=O)N1C[C@@H]2C[C@H]1CN2C(=O)CCOC(C)(C)CCOC(C)(C)C)C(=O)NCCC(=O)NCc1cc(COC(C)=O)ccc1O[C@@H]1O[C@H](C(=O)O)[C@@H](O)[C@H](O)[C@H]1O. The number of carbonyl (C=O) groups excluding carboxylic acids is 6. The zero-order chi connectivity index (χ0) is 50.3. The molecule has 0 radical (unpaired) electrons. The fraction of sp³-hybridized carbons (Fsp3) is 0.717. The maximum absolute atomic E-state index is 13.4. The molecule has 68 heavy (non-hydrogen) atoms. The Labute approximate surface area is 397 Å². The van der Waals surface area contributed by atoms with Gasteiger partial charge >= 0.3 is 11.9 Å².